The molecular weight excluding hydrogens is 228 g/mol. The van der Waals surface area contributed by atoms with E-state index in [9.17, 15) is 9.50 Å². The lowest BCUT2D eigenvalue weighted by molar-refractivity contribution is 0.153. The summed E-state index contributed by atoms with van der Waals surface area (Å²) in [5.74, 6) is -0.658. The van der Waals surface area contributed by atoms with Crippen molar-refractivity contribution in [1.82, 2.24) is 0 Å². The Hall–Kier alpha value is -0.350. The fraction of sp³-hybridized carbons (Fsp3) is 0.333. The van der Waals surface area contributed by atoms with Crippen LogP contribution in [0.4, 0.5) is 4.39 Å². The maximum atomic E-state index is 13.1. The first-order valence-corrected chi connectivity index (χ1v) is 4.77. The number of aliphatic hydroxyl groups excluding tert-OH is 1. The number of nitrogens with two attached hydrogens (primary N) is 1. The molecular formula is C9H10Cl2FNO. The maximum absolute atomic E-state index is 13.1. The van der Waals surface area contributed by atoms with Crippen LogP contribution in [0, 0.1) is 5.82 Å². The summed E-state index contributed by atoms with van der Waals surface area (Å²) in [6.07, 6.45) is -1.02. The van der Waals surface area contributed by atoms with E-state index in [0.29, 0.717) is 0 Å². The summed E-state index contributed by atoms with van der Waals surface area (Å²) in [5, 5.41) is 9.64. The third-order valence-electron chi connectivity index (χ3n) is 1.84. The molecule has 0 spiro atoms. The van der Waals surface area contributed by atoms with Crippen molar-refractivity contribution in [3.63, 3.8) is 0 Å². The van der Waals surface area contributed by atoms with Gasteiger partial charge >= 0.3 is 0 Å². The minimum absolute atomic E-state index is 0.140. The van der Waals surface area contributed by atoms with Crippen molar-refractivity contribution in [3.8, 4) is 0 Å². The van der Waals surface area contributed by atoms with E-state index >= 15 is 0 Å². The fourth-order valence-corrected chi connectivity index (χ4v) is 1.51. The zero-order chi connectivity index (χ0) is 10.9. The second-order valence-corrected chi connectivity index (χ2v) is 3.91. The van der Waals surface area contributed by atoms with E-state index in [-0.39, 0.29) is 15.6 Å². The van der Waals surface area contributed by atoms with Crippen LogP contribution in [0.5, 0.6) is 0 Å². The third-order valence-corrected chi connectivity index (χ3v) is 2.45. The molecule has 0 unspecified atom stereocenters. The van der Waals surface area contributed by atoms with Crippen molar-refractivity contribution in [1.29, 1.82) is 0 Å². The second kappa shape index (κ2) is 4.45. The van der Waals surface area contributed by atoms with Crippen molar-refractivity contribution < 1.29 is 9.50 Å². The van der Waals surface area contributed by atoms with Gasteiger partial charge in [0.1, 0.15) is 5.82 Å². The molecule has 1 aromatic rings. The molecule has 3 N–H and O–H groups in total. The molecule has 0 amide bonds. The van der Waals surface area contributed by atoms with Gasteiger partial charge in [-0.2, -0.15) is 0 Å². The molecule has 78 valence electrons. The Balaban J connectivity index is 3.20. The van der Waals surface area contributed by atoms with E-state index in [4.69, 9.17) is 28.9 Å². The standard InChI is InChI=1S/C9H10Cl2FNO/c1-4(13)9(14)6-2-5(10)3-7(12)8(6)11/h2-4,9,14H,13H2,1H3/t4-,9+/m1/s1. The maximum Gasteiger partial charge on any atom is 0.143 e. The van der Waals surface area contributed by atoms with Gasteiger partial charge in [-0.3, -0.25) is 0 Å². The van der Waals surface area contributed by atoms with Crippen LogP contribution in [-0.2, 0) is 0 Å². The van der Waals surface area contributed by atoms with Crippen molar-refractivity contribution in [2.45, 2.75) is 19.1 Å². The molecule has 1 aromatic carbocycles. The summed E-state index contributed by atoms with van der Waals surface area (Å²) in [7, 11) is 0. The zero-order valence-corrected chi connectivity index (χ0v) is 8.98. The first kappa shape index (κ1) is 11.7. The van der Waals surface area contributed by atoms with Crippen LogP contribution in [0.3, 0.4) is 0 Å². The highest BCUT2D eigenvalue weighted by atomic mass is 35.5. The second-order valence-electron chi connectivity index (χ2n) is 3.09. The molecule has 0 saturated carbocycles. The lowest BCUT2D eigenvalue weighted by Crippen LogP contribution is -2.24. The number of rotatable bonds is 2. The van der Waals surface area contributed by atoms with E-state index in [2.05, 4.69) is 0 Å². The molecule has 0 fully saturated rings. The molecule has 0 aliphatic rings. The summed E-state index contributed by atoms with van der Waals surface area (Å²) < 4.78 is 13.1. The highest BCUT2D eigenvalue weighted by Crippen LogP contribution is 2.30. The molecule has 0 aliphatic carbocycles. The molecule has 1 rings (SSSR count). The summed E-state index contributed by atoms with van der Waals surface area (Å²) >= 11 is 11.3. The Morgan fingerprint density at radius 1 is 1.43 bits per heavy atom. The van der Waals surface area contributed by atoms with Crippen molar-refractivity contribution in [3.05, 3.63) is 33.6 Å². The van der Waals surface area contributed by atoms with Gasteiger partial charge in [0, 0.05) is 16.6 Å². The topological polar surface area (TPSA) is 46.2 Å². The van der Waals surface area contributed by atoms with Crippen molar-refractivity contribution in [2.24, 2.45) is 5.73 Å². The zero-order valence-electron chi connectivity index (χ0n) is 7.47. The van der Waals surface area contributed by atoms with E-state index in [1.807, 2.05) is 0 Å². The average Bonchev–Trinajstić information content (AvgIpc) is 2.09. The molecule has 0 radical (unpaired) electrons. The Labute approximate surface area is 91.4 Å². The monoisotopic (exact) mass is 237 g/mol. The molecule has 5 heteroatoms. The molecule has 0 bridgehead atoms. The highest BCUT2D eigenvalue weighted by molar-refractivity contribution is 6.33. The third kappa shape index (κ3) is 2.36. The van der Waals surface area contributed by atoms with Crippen LogP contribution in [0.25, 0.3) is 0 Å². The number of aliphatic hydroxyl groups is 1. The van der Waals surface area contributed by atoms with Gasteiger partial charge in [-0.25, -0.2) is 4.39 Å². The van der Waals surface area contributed by atoms with E-state index in [1.54, 1.807) is 6.92 Å². The molecule has 0 aromatic heterocycles. The van der Waals surface area contributed by atoms with Gasteiger partial charge in [-0.05, 0) is 19.1 Å². The Kier molecular flexibility index (Phi) is 3.72. The number of halogens is 3. The van der Waals surface area contributed by atoms with Gasteiger partial charge < -0.3 is 10.8 Å². The summed E-state index contributed by atoms with van der Waals surface area (Å²) in [6.45, 7) is 1.60. The lowest BCUT2D eigenvalue weighted by Gasteiger charge is -2.16. The highest BCUT2D eigenvalue weighted by Gasteiger charge is 2.18. The number of hydrogen-bond acceptors (Lipinski definition) is 2. The number of benzene rings is 1. The van der Waals surface area contributed by atoms with Crippen LogP contribution in [0.1, 0.15) is 18.6 Å². The van der Waals surface area contributed by atoms with Crippen LogP contribution in [0.15, 0.2) is 12.1 Å². The van der Waals surface area contributed by atoms with Crippen molar-refractivity contribution >= 4 is 23.2 Å². The van der Waals surface area contributed by atoms with Crippen molar-refractivity contribution in [2.75, 3.05) is 0 Å². The summed E-state index contributed by atoms with van der Waals surface area (Å²) in [4.78, 5) is 0. The first-order valence-electron chi connectivity index (χ1n) is 4.01. The Bertz CT molecular complexity index is 344. The van der Waals surface area contributed by atoms with E-state index in [1.165, 1.54) is 6.07 Å². The van der Waals surface area contributed by atoms with E-state index < -0.39 is 18.0 Å². The molecule has 0 heterocycles. The molecule has 14 heavy (non-hydrogen) atoms. The quantitative estimate of drug-likeness (QED) is 0.777. The molecule has 0 aliphatic heterocycles. The van der Waals surface area contributed by atoms with Gasteiger partial charge in [0.2, 0.25) is 0 Å². The minimum Gasteiger partial charge on any atom is -0.387 e. The largest absolute Gasteiger partial charge is 0.387 e. The minimum atomic E-state index is -1.02. The smallest absolute Gasteiger partial charge is 0.143 e. The van der Waals surface area contributed by atoms with Crippen LogP contribution >= 0.6 is 23.2 Å². The molecule has 2 atom stereocenters. The molecule has 0 saturated heterocycles. The fourth-order valence-electron chi connectivity index (χ4n) is 1.07. The van der Waals surface area contributed by atoms with E-state index in [0.717, 1.165) is 6.07 Å². The summed E-state index contributed by atoms with van der Waals surface area (Å²) in [5.41, 5.74) is 5.68. The van der Waals surface area contributed by atoms with Gasteiger partial charge in [-0.15, -0.1) is 0 Å². The number of hydrogen-bond donors (Lipinski definition) is 2. The Morgan fingerprint density at radius 3 is 2.50 bits per heavy atom. The van der Waals surface area contributed by atoms with Crippen LogP contribution in [-0.4, -0.2) is 11.1 Å². The predicted octanol–water partition coefficient (Wildman–Crippen LogP) is 2.51. The van der Waals surface area contributed by atoms with Gasteiger partial charge in [0.15, 0.2) is 0 Å². The Morgan fingerprint density at radius 2 is 2.00 bits per heavy atom. The van der Waals surface area contributed by atoms with Gasteiger partial charge in [0.25, 0.3) is 0 Å². The van der Waals surface area contributed by atoms with Gasteiger partial charge in [-0.1, -0.05) is 23.2 Å². The SMILES string of the molecule is C[C@@H](N)[C@H](O)c1cc(Cl)cc(F)c1Cl. The average molecular weight is 238 g/mol. The predicted molar refractivity (Wildman–Crippen MR) is 55.0 cm³/mol. The normalized spacial score (nSPS) is 15.3. The lowest BCUT2D eigenvalue weighted by atomic mass is 10.0. The molecule has 2 nitrogen and oxygen atoms in total. The van der Waals surface area contributed by atoms with Crippen LogP contribution in [0.2, 0.25) is 10.0 Å². The first-order chi connectivity index (χ1) is 6.43. The van der Waals surface area contributed by atoms with Crippen LogP contribution < -0.4 is 5.73 Å². The van der Waals surface area contributed by atoms with Gasteiger partial charge in [0.05, 0.1) is 11.1 Å². The summed E-state index contributed by atoms with van der Waals surface area (Å²) in [6, 6.07) is 1.95.